The third-order valence-electron chi connectivity index (χ3n) is 5.03. The number of rotatable bonds is 6. The molecule has 0 saturated carbocycles. The third kappa shape index (κ3) is 5.19. The number of aryl methyl sites for hydroxylation is 2. The van der Waals surface area contributed by atoms with Crippen molar-refractivity contribution in [1.82, 2.24) is 4.31 Å². The van der Waals surface area contributed by atoms with Gasteiger partial charge < -0.3 is 5.32 Å². The second kappa shape index (κ2) is 9.00. The summed E-state index contributed by atoms with van der Waals surface area (Å²) >= 11 is 0. The van der Waals surface area contributed by atoms with Crippen molar-refractivity contribution in [2.75, 3.05) is 18.4 Å². The van der Waals surface area contributed by atoms with Crippen molar-refractivity contribution < 1.29 is 22.0 Å². The van der Waals surface area contributed by atoms with Crippen molar-refractivity contribution in [2.24, 2.45) is 0 Å². The molecule has 0 aromatic heterocycles. The fourth-order valence-electron chi connectivity index (χ4n) is 3.41. The van der Waals surface area contributed by atoms with Crippen molar-refractivity contribution in [2.45, 2.75) is 43.9 Å². The third-order valence-corrected chi connectivity index (χ3v) is 7.07. The summed E-state index contributed by atoms with van der Waals surface area (Å²) in [5, 5.41) is 2.65. The SMILES string of the molecule is Cc1ccc(NC(=O)CCc2cc(F)ccc2F)cc1S(=O)(=O)N1CCCCC1. The molecule has 1 amide bonds. The summed E-state index contributed by atoms with van der Waals surface area (Å²) < 4.78 is 54.3. The Bertz CT molecular complexity index is 1000. The Morgan fingerprint density at radius 1 is 1.07 bits per heavy atom. The molecule has 2 aromatic carbocycles. The number of amides is 1. The van der Waals surface area contributed by atoms with Crippen molar-refractivity contribution in [3.05, 3.63) is 59.2 Å². The first-order valence-corrected chi connectivity index (χ1v) is 11.1. The van der Waals surface area contributed by atoms with E-state index in [4.69, 9.17) is 0 Å². The maximum atomic E-state index is 13.7. The smallest absolute Gasteiger partial charge is 0.243 e. The second-order valence-corrected chi connectivity index (χ2v) is 9.14. The van der Waals surface area contributed by atoms with E-state index in [0.29, 0.717) is 24.3 Å². The van der Waals surface area contributed by atoms with Crippen LogP contribution in [0.4, 0.5) is 14.5 Å². The Labute approximate surface area is 169 Å². The minimum absolute atomic E-state index is 0.0419. The minimum atomic E-state index is -3.63. The highest BCUT2D eigenvalue weighted by atomic mass is 32.2. The summed E-state index contributed by atoms with van der Waals surface area (Å²) in [7, 11) is -3.63. The zero-order valence-corrected chi connectivity index (χ0v) is 17.1. The molecule has 2 aromatic rings. The van der Waals surface area contributed by atoms with Gasteiger partial charge in [0.2, 0.25) is 15.9 Å². The lowest BCUT2D eigenvalue weighted by molar-refractivity contribution is -0.116. The maximum Gasteiger partial charge on any atom is 0.243 e. The number of anilines is 1. The van der Waals surface area contributed by atoms with E-state index in [0.717, 1.165) is 37.5 Å². The van der Waals surface area contributed by atoms with Crippen molar-refractivity contribution in [3.8, 4) is 0 Å². The Hall–Kier alpha value is -2.32. The van der Waals surface area contributed by atoms with Crippen LogP contribution in [0.15, 0.2) is 41.3 Å². The number of hydrogen-bond acceptors (Lipinski definition) is 3. The van der Waals surface area contributed by atoms with Gasteiger partial charge in [0.05, 0.1) is 4.90 Å². The average Bonchev–Trinajstić information content (AvgIpc) is 2.70. The second-order valence-electron chi connectivity index (χ2n) is 7.23. The molecule has 0 bridgehead atoms. The molecule has 0 unspecified atom stereocenters. The average molecular weight is 422 g/mol. The molecule has 0 spiro atoms. The molecular formula is C21H24F2N2O3S. The van der Waals surface area contributed by atoms with Crippen molar-refractivity contribution >= 4 is 21.6 Å². The van der Waals surface area contributed by atoms with Gasteiger partial charge in [0.15, 0.2) is 0 Å². The topological polar surface area (TPSA) is 66.5 Å². The normalized spacial score (nSPS) is 15.3. The van der Waals surface area contributed by atoms with Gasteiger partial charge in [-0.25, -0.2) is 17.2 Å². The van der Waals surface area contributed by atoms with Crippen LogP contribution in [0.2, 0.25) is 0 Å². The zero-order chi connectivity index (χ0) is 21.0. The largest absolute Gasteiger partial charge is 0.326 e. The van der Waals surface area contributed by atoms with Gasteiger partial charge in [0, 0.05) is 25.2 Å². The number of sulfonamides is 1. The molecule has 8 heteroatoms. The standard InChI is InChI=1S/C21H24F2N2O3S/c1-15-5-8-18(14-20(15)29(27,28)25-11-3-2-4-12-25)24-21(26)10-6-16-13-17(22)7-9-19(16)23/h5,7-9,13-14H,2-4,6,10-12H2,1H3,(H,24,26). The molecule has 0 atom stereocenters. The van der Waals surface area contributed by atoms with Crippen LogP contribution in [-0.4, -0.2) is 31.7 Å². The van der Waals surface area contributed by atoms with Crippen LogP contribution in [-0.2, 0) is 21.2 Å². The Kier molecular flexibility index (Phi) is 6.64. The van der Waals surface area contributed by atoms with E-state index in [-0.39, 0.29) is 23.3 Å². The summed E-state index contributed by atoms with van der Waals surface area (Å²) in [6, 6.07) is 7.86. The number of nitrogens with one attached hydrogen (secondary N) is 1. The van der Waals surface area contributed by atoms with Crippen molar-refractivity contribution in [1.29, 1.82) is 0 Å². The lowest BCUT2D eigenvalue weighted by atomic mass is 10.1. The molecule has 156 valence electrons. The molecule has 5 nitrogen and oxygen atoms in total. The highest BCUT2D eigenvalue weighted by Crippen LogP contribution is 2.26. The van der Waals surface area contributed by atoms with Gasteiger partial charge in [-0.05, 0) is 67.6 Å². The molecule has 1 aliphatic heterocycles. The predicted octanol–water partition coefficient (Wildman–Crippen LogP) is 4.02. The molecule has 1 heterocycles. The minimum Gasteiger partial charge on any atom is -0.326 e. The number of halogens is 2. The van der Waals surface area contributed by atoms with Gasteiger partial charge in [0.25, 0.3) is 0 Å². The first kappa shape index (κ1) is 21.4. The van der Waals surface area contributed by atoms with Crippen molar-refractivity contribution in [3.63, 3.8) is 0 Å². The van der Waals surface area contributed by atoms with Crippen LogP contribution >= 0.6 is 0 Å². The van der Waals surface area contributed by atoms with Gasteiger partial charge in [-0.15, -0.1) is 0 Å². The zero-order valence-electron chi connectivity index (χ0n) is 16.2. The van der Waals surface area contributed by atoms with E-state index in [2.05, 4.69) is 5.32 Å². The first-order chi connectivity index (χ1) is 13.8. The number of carbonyl (C=O) groups excluding carboxylic acids is 1. The molecule has 0 aliphatic carbocycles. The lowest BCUT2D eigenvalue weighted by Gasteiger charge is -2.26. The highest BCUT2D eigenvalue weighted by Gasteiger charge is 2.27. The molecular weight excluding hydrogens is 398 g/mol. The van der Waals surface area contributed by atoms with Gasteiger partial charge in [-0.1, -0.05) is 12.5 Å². The highest BCUT2D eigenvalue weighted by molar-refractivity contribution is 7.89. The monoisotopic (exact) mass is 422 g/mol. The van der Waals surface area contributed by atoms with E-state index in [9.17, 15) is 22.0 Å². The fourth-order valence-corrected chi connectivity index (χ4v) is 5.17. The Balaban J connectivity index is 1.70. The number of carbonyl (C=O) groups is 1. The van der Waals surface area contributed by atoms with E-state index < -0.39 is 27.6 Å². The fraction of sp³-hybridized carbons (Fsp3) is 0.381. The van der Waals surface area contributed by atoms with Crippen LogP contribution < -0.4 is 5.32 Å². The molecule has 1 fully saturated rings. The van der Waals surface area contributed by atoms with Crippen LogP contribution in [0.1, 0.15) is 36.8 Å². The van der Waals surface area contributed by atoms with E-state index in [1.54, 1.807) is 19.1 Å². The quantitative estimate of drug-likeness (QED) is 0.765. The van der Waals surface area contributed by atoms with Gasteiger partial charge in [0.1, 0.15) is 11.6 Å². The summed E-state index contributed by atoms with van der Waals surface area (Å²) in [4.78, 5) is 12.4. The molecule has 29 heavy (non-hydrogen) atoms. The Morgan fingerprint density at radius 3 is 2.52 bits per heavy atom. The number of hydrogen-bond donors (Lipinski definition) is 1. The van der Waals surface area contributed by atoms with Crippen LogP contribution in [0.25, 0.3) is 0 Å². The van der Waals surface area contributed by atoms with Gasteiger partial charge in [-0.3, -0.25) is 4.79 Å². The molecule has 1 aliphatic rings. The maximum absolute atomic E-state index is 13.7. The summed E-state index contributed by atoms with van der Waals surface area (Å²) in [5.41, 5.74) is 1.09. The summed E-state index contributed by atoms with van der Waals surface area (Å²) in [5.74, 6) is -1.53. The lowest BCUT2D eigenvalue weighted by Crippen LogP contribution is -2.36. The predicted molar refractivity (Wildman–Crippen MR) is 107 cm³/mol. The van der Waals surface area contributed by atoms with E-state index >= 15 is 0 Å². The first-order valence-electron chi connectivity index (χ1n) is 9.62. The van der Waals surface area contributed by atoms with E-state index in [1.165, 1.54) is 10.4 Å². The number of benzene rings is 2. The van der Waals surface area contributed by atoms with Crippen LogP contribution in [0.5, 0.6) is 0 Å². The molecule has 1 saturated heterocycles. The van der Waals surface area contributed by atoms with Crippen LogP contribution in [0, 0.1) is 18.6 Å². The van der Waals surface area contributed by atoms with E-state index in [1.807, 2.05) is 0 Å². The summed E-state index contributed by atoms with van der Waals surface area (Å²) in [6.07, 6.45) is 2.69. The molecule has 1 N–H and O–H groups in total. The molecule has 3 rings (SSSR count). The molecule has 0 radical (unpaired) electrons. The van der Waals surface area contributed by atoms with Gasteiger partial charge >= 0.3 is 0 Å². The van der Waals surface area contributed by atoms with Gasteiger partial charge in [-0.2, -0.15) is 4.31 Å². The number of piperidine rings is 1. The number of nitrogens with zero attached hydrogens (tertiary/aromatic N) is 1. The summed E-state index contributed by atoms with van der Waals surface area (Å²) in [6.45, 7) is 2.71. The Morgan fingerprint density at radius 2 is 1.79 bits per heavy atom. The van der Waals surface area contributed by atoms with Crippen LogP contribution in [0.3, 0.4) is 0 Å².